The molecule has 51 heavy (non-hydrogen) atoms. The summed E-state index contributed by atoms with van der Waals surface area (Å²) in [5.74, 6) is 0. The van der Waals surface area contributed by atoms with E-state index in [0.29, 0.717) is 0 Å². The van der Waals surface area contributed by atoms with E-state index in [1.54, 1.807) is 0 Å². The molecular formula is C49H40N2. The minimum Gasteiger partial charge on any atom is -0.310 e. The van der Waals surface area contributed by atoms with Crippen molar-refractivity contribution in [3.8, 4) is 5.69 Å². The lowest BCUT2D eigenvalue weighted by atomic mass is 9.63. The summed E-state index contributed by atoms with van der Waals surface area (Å²) in [6, 6.07) is 69.2. The van der Waals surface area contributed by atoms with Gasteiger partial charge < -0.3 is 9.47 Å². The maximum Gasteiger partial charge on any atom is 0.0742 e. The first-order valence-corrected chi connectivity index (χ1v) is 17.4. The smallest absolute Gasteiger partial charge is 0.0742 e. The zero-order valence-electron chi connectivity index (χ0n) is 27.8. The predicted molar refractivity (Wildman–Crippen MR) is 218 cm³/mol. The van der Waals surface area contributed by atoms with Crippen LogP contribution in [0.2, 0.25) is 0 Å². The highest BCUT2D eigenvalue weighted by Crippen LogP contribution is 2.54. The second kappa shape index (κ2) is 11.9. The van der Waals surface area contributed by atoms with Crippen molar-refractivity contribution in [2.45, 2.75) is 19.8 Å². The fourth-order valence-corrected chi connectivity index (χ4v) is 8.57. The van der Waals surface area contributed by atoms with E-state index in [2.05, 4.69) is 204 Å². The van der Waals surface area contributed by atoms with Crippen molar-refractivity contribution in [1.82, 2.24) is 4.57 Å². The first-order chi connectivity index (χ1) is 24.7. The Morgan fingerprint density at radius 3 is 1.94 bits per heavy atom. The lowest BCUT2D eigenvalue weighted by Gasteiger charge is -2.41. The molecule has 0 spiro atoms. The number of rotatable bonds is 5. The minimum absolute atomic E-state index is 0. The molecule has 0 bridgehead atoms. The molecule has 0 radical (unpaired) electrons. The van der Waals surface area contributed by atoms with Gasteiger partial charge in [0.15, 0.2) is 0 Å². The van der Waals surface area contributed by atoms with Crippen LogP contribution < -0.4 is 4.90 Å². The number of aromatic nitrogens is 1. The second-order valence-electron chi connectivity index (χ2n) is 13.4. The molecule has 1 aliphatic heterocycles. The second-order valence-corrected chi connectivity index (χ2v) is 13.4. The third-order valence-electron chi connectivity index (χ3n) is 10.7. The van der Waals surface area contributed by atoms with Crippen LogP contribution in [0, 0.1) is 6.92 Å². The van der Waals surface area contributed by atoms with Gasteiger partial charge in [-0.25, -0.2) is 0 Å². The topological polar surface area (TPSA) is 8.17 Å². The van der Waals surface area contributed by atoms with E-state index in [1.807, 2.05) is 0 Å². The molecule has 1 unspecified atom stereocenters. The number of aryl methyl sites for hydroxylation is 1. The lowest BCUT2D eigenvalue weighted by molar-refractivity contribution is 0.727. The van der Waals surface area contributed by atoms with E-state index in [0.717, 1.165) is 17.1 Å². The third kappa shape index (κ3) is 4.43. The molecule has 1 atom stereocenters. The van der Waals surface area contributed by atoms with Gasteiger partial charge in [0.1, 0.15) is 0 Å². The molecule has 10 rings (SSSR count). The summed E-state index contributed by atoms with van der Waals surface area (Å²) in [4.78, 5) is 2.41. The maximum absolute atomic E-state index is 2.51. The van der Waals surface area contributed by atoms with Crippen LogP contribution in [0.5, 0.6) is 0 Å². The summed E-state index contributed by atoms with van der Waals surface area (Å²) < 4.78 is 2.51. The largest absolute Gasteiger partial charge is 0.310 e. The Balaban J connectivity index is 0.00000193. The summed E-state index contributed by atoms with van der Waals surface area (Å²) in [5, 5.41) is 4.95. The van der Waals surface area contributed by atoms with Gasteiger partial charge in [0.2, 0.25) is 0 Å². The van der Waals surface area contributed by atoms with Gasteiger partial charge in [-0.05, 0) is 77.0 Å². The Morgan fingerprint density at radius 1 is 0.490 bits per heavy atom. The molecule has 0 saturated heterocycles. The van der Waals surface area contributed by atoms with Crippen LogP contribution in [-0.4, -0.2) is 4.57 Å². The van der Waals surface area contributed by atoms with Crippen molar-refractivity contribution in [1.29, 1.82) is 0 Å². The molecule has 2 heterocycles. The van der Waals surface area contributed by atoms with Gasteiger partial charge in [0, 0.05) is 29.0 Å². The minimum atomic E-state index is -0.489. The maximum atomic E-state index is 2.51. The molecule has 1 aliphatic rings. The Kier molecular flexibility index (Phi) is 7.15. The van der Waals surface area contributed by atoms with Crippen LogP contribution in [0.4, 0.5) is 17.1 Å². The van der Waals surface area contributed by atoms with E-state index < -0.39 is 5.41 Å². The average Bonchev–Trinajstić information content (AvgIpc) is 3.51. The Bertz CT molecular complexity index is 2710. The summed E-state index contributed by atoms with van der Waals surface area (Å²) >= 11 is 0. The highest BCUT2D eigenvalue weighted by atomic mass is 15.1. The number of fused-ring (bicyclic) bond motifs is 6. The number of para-hydroxylation sites is 3. The zero-order valence-corrected chi connectivity index (χ0v) is 27.8. The van der Waals surface area contributed by atoms with Gasteiger partial charge in [0.25, 0.3) is 0 Å². The van der Waals surface area contributed by atoms with E-state index in [1.165, 1.54) is 66.1 Å². The monoisotopic (exact) mass is 656 g/mol. The standard InChI is InChI=1S/C48H34N2.CH4.H2/c1-33-26-28-36(29-27-33)48(35-16-4-2-5-17-35)42-22-10-11-24-46(42)50-45-31-30-38(32-41(45)40-21-13-23-43(48)47(40)50)49(37-18-6-3-7-19-37)44-25-12-15-34-14-8-9-20-39(34)44;;/h2-32H,1H3;1H4;1H. The first kappa shape index (κ1) is 30.7. The van der Waals surface area contributed by atoms with Gasteiger partial charge in [-0.2, -0.15) is 0 Å². The van der Waals surface area contributed by atoms with Gasteiger partial charge >= 0.3 is 0 Å². The predicted octanol–water partition coefficient (Wildman–Crippen LogP) is 13.3. The normalized spacial score (nSPS) is 14.7. The zero-order chi connectivity index (χ0) is 33.2. The van der Waals surface area contributed by atoms with Gasteiger partial charge in [-0.1, -0.05) is 159 Å². The summed E-state index contributed by atoms with van der Waals surface area (Å²) in [6.45, 7) is 2.17. The molecule has 246 valence electrons. The molecule has 8 aromatic carbocycles. The van der Waals surface area contributed by atoms with Crippen molar-refractivity contribution in [3.05, 3.63) is 216 Å². The molecule has 2 nitrogen and oxygen atoms in total. The summed E-state index contributed by atoms with van der Waals surface area (Å²) in [6.07, 6.45) is 0. The van der Waals surface area contributed by atoms with Crippen molar-refractivity contribution in [3.63, 3.8) is 0 Å². The number of nitrogens with zero attached hydrogens (tertiary/aromatic N) is 2. The van der Waals surface area contributed by atoms with Crippen LogP contribution in [0.3, 0.4) is 0 Å². The quantitative estimate of drug-likeness (QED) is 0.179. The van der Waals surface area contributed by atoms with E-state index >= 15 is 0 Å². The number of hydrogen-bond donors (Lipinski definition) is 0. The summed E-state index contributed by atoms with van der Waals surface area (Å²) in [7, 11) is 0. The number of anilines is 3. The molecule has 0 fully saturated rings. The Hall–Kier alpha value is -6.38. The van der Waals surface area contributed by atoms with E-state index in [-0.39, 0.29) is 8.85 Å². The summed E-state index contributed by atoms with van der Waals surface area (Å²) in [5.41, 5.74) is 13.0. The lowest BCUT2D eigenvalue weighted by Crippen LogP contribution is -2.35. The van der Waals surface area contributed by atoms with Crippen molar-refractivity contribution < 1.29 is 1.43 Å². The van der Waals surface area contributed by atoms with E-state index in [4.69, 9.17) is 0 Å². The number of hydrogen-bond acceptors (Lipinski definition) is 1. The third-order valence-corrected chi connectivity index (χ3v) is 10.7. The molecule has 1 aromatic heterocycles. The van der Waals surface area contributed by atoms with Crippen LogP contribution in [0.15, 0.2) is 188 Å². The van der Waals surface area contributed by atoms with E-state index in [9.17, 15) is 0 Å². The molecule has 0 amide bonds. The molecule has 9 aromatic rings. The van der Waals surface area contributed by atoms with Crippen LogP contribution in [0.25, 0.3) is 38.3 Å². The van der Waals surface area contributed by atoms with Crippen molar-refractivity contribution in [2.75, 3.05) is 4.90 Å². The molecule has 0 aliphatic carbocycles. The van der Waals surface area contributed by atoms with Crippen molar-refractivity contribution in [2.24, 2.45) is 0 Å². The fourth-order valence-electron chi connectivity index (χ4n) is 8.57. The van der Waals surface area contributed by atoms with Gasteiger partial charge in [0.05, 0.1) is 27.8 Å². The first-order valence-electron chi connectivity index (χ1n) is 17.4. The average molecular weight is 657 g/mol. The highest BCUT2D eigenvalue weighted by molar-refractivity contribution is 6.13. The van der Waals surface area contributed by atoms with Gasteiger partial charge in [-0.15, -0.1) is 0 Å². The van der Waals surface area contributed by atoms with Crippen LogP contribution >= 0.6 is 0 Å². The fraction of sp³-hybridized carbons (Fsp3) is 0.0612. The molecule has 0 saturated carbocycles. The molecular weight excluding hydrogens is 617 g/mol. The number of benzene rings is 8. The Morgan fingerprint density at radius 2 is 1.12 bits per heavy atom. The highest BCUT2D eigenvalue weighted by Gasteiger charge is 2.45. The SMILES string of the molecule is C.Cc1ccc(C2(c3ccccc3)c3ccccc3-n3c4ccc(N(c5ccccc5)c5cccc6ccccc56)cc4c4cccc2c43)cc1.[HH]. The molecule has 2 heteroatoms. The van der Waals surface area contributed by atoms with Crippen LogP contribution in [-0.2, 0) is 5.41 Å². The van der Waals surface area contributed by atoms with Crippen molar-refractivity contribution >= 4 is 49.6 Å². The van der Waals surface area contributed by atoms with Gasteiger partial charge in [-0.3, -0.25) is 0 Å². The Labute approximate surface area is 301 Å². The molecule has 0 N–H and O–H groups in total. The van der Waals surface area contributed by atoms with Crippen LogP contribution in [0.1, 0.15) is 36.7 Å².